The standard InChI is InChI=1S/C14H9Br4ClO/c15-6-8-3-11(17)14(12(18)4-8)20-7-9-1-2-10(16)5-13(9)19/h1-5H,6-7H2. The summed E-state index contributed by atoms with van der Waals surface area (Å²) in [6.45, 7) is 0.414. The van der Waals surface area contributed by atoms with Gasteiger partial charge in [-0.25, -0.2) is 0 Å². The molecule has 6 heteroatoms. The molecule has 0 aromatic heterocycles. The van der Waals surface area contributed by atoms with Gasteiger partial charge in [0, 0.05) is 20.4 Å². The number of hydrogen-bond donors (Lipinski definition) is 0. The fraction of sp³-hybridized carbons (Fsp3) is 0.143. The molecule has 2 aromatic carbocycles. The minimum absolute atomic E-state index is 0.414. The Balaban J connectivity index is 2.19. The monoisotopic (exact) mass is 544 g/mol. The summed E-state index contributed by atoms with van der Waals surface area (Å²) in [5, 5.41) is 1.48. The van der Waals surface area contributed by atoms with Crippen LogP contribution in [0.2, 0.25) is 5.02 Å². The van der Waals surface area contributed by atoms with Gasteiger partial charge < -0.3 is 4.74 Å². The van der Waals surface area contributed by atoms with Crippen molar-refractivity contribution in [3.63, 3.8) is 0 Å². The molecule has 0 atom stereocenters. The van der Waals surface area contributed by atoms with E-state index in [-0.39, 0.29) is 0 Å². The van der Waals surface area contributed by atoms with E-state index in [0.717, 1.165) is 35.6 Å². The van der Waals surface area contributed by atoms with Crippen LogP contribution in [0.25, 0.3) is 0 Å². The van der Waals surface area contributed by atoms with Crippen molar-refractivity contribution in [2.75, 3.05) is 0 Å². The second kappa shape index (κ2) is 7.63. The van der Waals surface area contributed by atoms with E-state index in [9.17, 15) is 0 Å². The van der Waals surface area contributed by atoms with Crippen LogP contribution in [0.15, 0.2) is 43.7 Å². The number of halogens is 5. The predicted octanol–water partition coefficient (Wildman–Crippen LogP) is 7.10. The molecule has 0 saturated carbocycles. The lowest BCUT2D eigenvalue weighted by molar-refractivity contribution is 0.302. The minimum Gasteiger partial charge on any atom is -0.486 e. The van der Waals surface area contributed by atoms with Crippen molar-refractivity contribution in [3.05, 3.63) is 59.9 Å². The molecule has 0 aliphatic rings. The van der Waals surface area contributed by atoms with E-state index in [1.807, 2.05) is 30.3 Å². The van der Waals surface area contributed by atoms with Crippen LogP contribution in [0, 0.1) is 0 Å². The zero-order valence-electron chi connectivity index (χ0n) is 10.1. The summed E-state index contributed by atoms with van der Waals surface area (Å²) in [6, 6.07) is 9.80. The lowest BCUT2D eigenvalue weighted by Gasteiger charge is -2.12. The lowest BCUT2D eigenvalue weighted by atomic mass is 10.2. The van der Waals surface area contributed by atoms with Crippen LogP contribution in [-0.4, -0.2) is 0 Å². The third-order valence-electron chi connectivity index (χ3n) is 2.60. The molecule has 0 aliphatic heterocycles. The normalized spacial score (nSPS) is 10.7. The highest BCUT2D eigenvalue weighted by Crippen LogP contribution is 2.36. The van der Waals surface area contributed by atoms with Crippen molar-refractivity contribution in [2.24, 2.45) is 0 Å². The molecule has 0 spiro atoms. The van der Waals surface area contributed by atoms with Crippen LogP contribution in [0.5, 0.6) is 5.75 Å². The van der Waals surface area contributed by atoms with Gasteiger partial charge in [-0.05, 0) is 61.7 Å². The number of alkyl halides is 1. The molecule has 0 saturated heterocycles. The van der Waals surface area contributed by atoms with Gasteiger partial charge in [0.1, 0.15) is 12.4 Å². The van der Waals surface area contributed by atoms with Gasteiger partial charge in [-0.3, -0.25) is 0 Å². The first-order chi connectivity index (χ1) is 9.51. The Labute approximate surface area is 156 Å². The minimum atomic E-state index is 0.414. The van der Waals surface area contributed by atoms with Crippen LogP contribution in [0.1, 0.15) is 11.1 Å². The topological polar surface area (TPSA) is 9.23 Å². The summed E-state index contributed by atoms with van der Waals surface area (Å²) in [7, 11) is 0. The van der Waals surface area contributed by atoms with Crippen molar-refractivity contribution in [1.29, 1.82) is 0 Å². The number of benzene rings is 2. The molecule has 0 heterocycles. The van der Waals surface area contributed by atoms with Crippen molar-refractivity contribution >= 4 is 75.3 Å². The fourth-order valence-electron chi connectivity index (χ4n) is 1.62. The van der Waals surface area contributed by atoms with Gasteiger partial charge in [0.15, 0.2) is 0 Å². The summed E-state index contributed by atoms with van der Waals surface area (Å²) >= 11 is 20.1. The SMILES string of the molecule is Clc1cc(Br)ccc1COc1c(Br)cc(CBr)cc1Br. The molecule has 0 unspecified atom stereocenters. The average Bonchev–Trinajstić information content (AvgIpc) is 2.39. The Morgan fingerprint density at radius 1 is 1.00 bits per heavy atom. The summed E-state index contributed by atoms with van der Waals surface area (Å²) in [4.78, 5) is 0. The van der Waals surface area contributed by atoms with Crippen LogP contribution >= 0.6 is 75.3 Å². The van der Waals surface area contributed by atoms with Crippen molar-refractivity contribution in [1.82, 2.24) is 0 Å². The second-order valence-corrected chi connectivity index (χ2v) is 7.64. The Morgan fingerprint density at radius 3 is 2.20 bits per heavy atom. The Hall–Kier alpha value is 0.450. The molecule has 0 amide bonds. The molecule has 0 N–H and O–H groups in total. The summed E-state index contributed by atoms with van der Waals surface area (Å²) < 4.78 is 8.64. The maximum atomic E-state index is 6.18. The number of rotatable bonds is 4. The highest BCUT2D eigenvalue weighted by molar-refractivity contribution is 9.11. The van der Waals surface area contributed by atoms with Crippen molar-refractivity contribution in [2.45, 2.75) is 11.9 Å². The first-order valence-corrected chi connectivity index (χ1v) is 9.49. The van der Waals surface area contributed by atoms with Crippen molar-refractivity contribution < 1.29 is 4.74 Å². The Morgan fingerprint density at radius 2 is 1.65 bits per heavy atom. The van der Waals surface area contributed by atoms with E-state index in [0.29, 0.717) is 11.6 Å². The molecule has 0 radical (unpaired) electrons. The van der Waals surface area contributed by atoms with E-state index < -0.39 is 0 Å². The van der Waals surface area contributed by atoms with Gasteiger partial charge in [0.25, 0.3) is 0 Å². The zero-order chi connectivity index (χ0) is 14.7. The molecule has 0 bridgehead atoms. The van der Waals surface area contributed by atoms with Crippen LogP contribution in [0.3, 0.4) is 0 Å². The smallest absolute Gasteiger partial charge is 0.148 e. The average molecular weight is 548 g/mol. The van der Waals surface area contributed by atoms with E-state index >= 15 is 0 Å². The van der Waals surface area contributed by atoms with Crippen molar-refractivity contribution in [3.8, 4) is 5.75 Å². The first-order valence-electron chi connectivity index (χ1n) is 5.62. The molecule has 20 heavy (non-hydrogen) atoms. The predicted molar refractivity (Wildman–Crippen MR) is 98.0 cm³/mol. The lowest BCUT2D eigenvalue weighted by Crippen LogP contribution is -1.98. The molecular weight excluding hydrogens is 539 g/mol. The molecule has 0 fully saturated rings. The van der Waals surface area contributed by atoms with Gasteiger partial charge in [-0.15, -0.1) is 0 Å². The Bertz CT molecular complexity index is 608. The quantitative estimate of drug-likeness (QED) is 0.371. The van der Waals surface area contributed by atoms with E-state index in [1.54, 1.807) is 0 Å². The van der Waals surface area contributed by atoms with E-state index in [1.165, 1.54) is 0 Å². The Kier molecular flexibility index (Phi) is 6.42. The molecule has 1 nitrogen and oxygen atoms in total. The fourth-order valence-corrected chi connectivity index (χ4v) is 4.18. The largest absolute Gasteiger partial charge is 0.486 e. The van der Waals surface area contributed by atoms with Crippen LogP contribution in [-0.2, 0) is 11.9 Å². The van der Waals surface area contributed by atoms with Gasteiger partial charge in [-0.1, -0.05) is 49.5 Å². The third-order valence-corrected chi connectivity index (χ3v) is 5.27. The van der Waals surface area contributed by atoms with E-state index in [2.05, 4.69) is 63.7 Å². The summed E-state index contributed by atoms with van der Waals surface area (Å²) in [5.41, 5.74) is 2.11. The highest BCUT2D eigenvalue weighted by Gasteiger charge is 2.10. The van der Waals surface area contributed by atoms with Gasteiger partial charge >= 0.3 is 0 Å². The zero-order valence-corrected chi connectivity index (χ0v) is 17.2. The molecule has 2 rings (SSSR count). The maximum absolute atomic E-state index is 6.18. The molecule has 0 aliphatic carbocycles. The molecular formula is C14H9Br4ClO. The van der Waals surface area contributed by atoms with Gasteiger partial charge in [0.2, 0.25) is 0 Å². The number of ether oxygens (including phenoxy) is 1. The van der Waals surface area contributed by atoms with Crippen LogP contribution < -0.4 is 4.74 Å². The summed E-state index contributed by atoms with van der Waals surface area (Å²) in [5.74, 6) is 0.772. The summed E-state index contributed by atoms with van der Waals surface area (Å²) in [6.07, 6.45) is 0. The third kappa shape index (κ3) is 4.23. The van der Waals surface area contributed by atoms with Gasteiger partial charge in [0.05, 0.1) is 8.95 Å². The molecule has 2 aromatic rings. The number of hydrogen-bond acceptors (Lipinski definition) is 1. The maximum Gasteiger partial charge on any atom is 0.148 e. The molecule has 106 valence electrons. The second-order valence-electron chi connectivity index (χ2n) is 4.05. The highest BCUT2D eigenvalue weighted by atomic mass is 79.9. The van der Waals surface area contributed by atoms with Gasteiger partial charge in [-0.2, -0.15) is 0 Å². The van der Waals surface area contributed by atoms with E-state index in [4.69, 9.17) is 16.3 Å². The van der Waals surface area contributed by atoms with Crippen LogP contribution in [0.4, 0.5) is 0 Å². The first kappa shape index (κ1) is 16.8.